The summed E-state index contributed by atoms with van der Waals surface area (Å²) in [5.41, 5.74) is 1.28. The quantitative estimate of drug-likeness (QED) is 0.294. The second-order valence-electron chi connectivity index (χ2n) is 14.4. The number of nitrogens with zero attached hydrogens (tertiary/aromatic N) is 8. The lowest BCUT2D eigenvalue weighted by molar-refractivity contribution is -0.138. The Balaban J connectivity index is 1.16. The highest BCUT2D eigenvalue weighted by Crippen LogP contribution is 2.38. The van der Waals surface area contributed by atoms with E-state index in [0.717, 1.165) is 83.9 Å². The Morgan fingerprint density at radius 2 is 1.62 bits per heavy atom. The van der Waals surface area contributed by atoms with Crippen molar-refractivity contribution in [3.63, 3.8) is 0 Å². The molecular weight excluding hydrogens is 642 g/mol. The Bertz CT molecular complexity index is 1630. The van der Waals surface area contributed by atoms with E-state index < -0.39 is 11.6 Å². The molecule has 3 aliphatic rings. The van der Waals surface area contributed by atoms with Gasteiger partial charge in [0.25, 0.3) is 0 Å². The fourth-order valence-corrected chi connectivity index (χ4v) is 7.54. The second-order valence-corrected chi connectivity index (χ2v) is 14.4. The van der Waals surface area contributed by atoms with Crippen LogP contribution in [0, 0.1) is 23.5 Å². The predicted molar refractivity (Wildman–Crippen MR) is 190 cm³/mol. The summed E-state index contributed by atoms with van der Waals surface area (Å²) < 4.78 is 30.5. The number of likely N-dealkylation sites (N-methyl/N-ethyl adjacent to an activating group) is 3. The third-order valence-corrected chi connectivity index (χ3v) is 11.0. The first-order chi connectivity index (χ1) is 24.1. The minimum atomic E-state index is -0.718. The van der Waals surface area contributed by atoms with E-state index in [2.05, 4.69) is 46.4 Å². The summed E-state index contributed by atoms with van der Waals surface area (Å²) in [5, 5.41) is 6.60. The first kappa shape index (κ1) is 35.9. The van der Waals surface area contributed by atoms with Crippen molar-refractivity contribution in [2.45, 2.75) is 70.4 Å². The molecule has 1 aromatic carbocycles. The second kappa shape index (κ2) is 16.0. The molecule has 0 spiro atoms. The molecule has 272 valence electrons. The van der Waals surface area contributed by atoms with Crippen molar-refractivity contribution in [3.05, 3.63) is 36.0 Å². The molecule has 0 radical (unpaired) electrons. The van der Waals surface area contributed by atoms with Gasteiger partial charge in [-0.3, -0.25) is 14.2 Å². The number of fused-ring (bicyclic) bond motifs is 1. The summed E-state index contributed by atoms with van der Waals surface area (Å²) in [6, 6.07) is 3.52. The molecular formula is C36H52F2N10O2. The lowest BCUT2D eigenvalue weighted by Gasteiger charge is -2.36. The van der Waals surface area contributed by atoms with Gasteiger partial charge in [0, 0.05) is 76.3 Å². The maximum atomic E-state index is 14.8. The first-order valence-corrected chi connectivity index (χ1v) is 18.2. The number of piperazine rings is 1. The predicted octanol–water partition coefficient (Wildman–Crippen LogP) is 4.73. The van der Waals surface area contributed by atoms with Crippen molar-refractivity contribution in [1.82, 2.24) is 39.1 Å². The molecule has 0 atom stereocenters. The molecule has 2 amide bonds. The number of halogens is 2. The number of nitrogens with one attached hydrogen (secondary N) is 2. The Kier molecular flexibility index (Phi) is 11.5. The summed E-state index contributed by atoms with van der Waals surface area (Å²) in [4.78, 5) is 49.1. The molecule has 1 saturated heterocycles. The normalized spacial score (nSPS) is 23.3. The van der Waals surface area contributed by atoms with Gasteiger partial charge in [-0.15, -0.1) is 0 Å². The van der Waals surface area contributed by atoms with Crippen molar-refractivity contribution in [2.24, 2.45) is 11.8 Å². The lowest BCUT2D eigenvalue weighted by atomic mass is 9.85. The van der Waals surface area contributed by atoms with Crippen LogP contribution in [0.3, 0.4) is 0 Å². The molecule has 50 heavy (non-hydrogen) atoms. The van der Waals surface area contributed by atoms with E-state index >= 15 is 0 Å². The molecule has 2 aliphatic carbocycles. The van der Waals surface area contributed by atoms with Gasteiger partial charge in [-0.25, -0.2) is 18.7 Å². The molecule has 0 bridgehead atoms. The van der Waals surface area contributed by atoms with Crippen LogP contribution in [0.4, 0.5) is 26.4 Å². The molecule has 2 N–H and O–H groups in total. The number of imidazole rings is 1. The average Bonchev–Trinajstić information content (AvgIpc) is 3.48. The minimum Gasteiger partial charge on any atom is -0.351 e. The summed E-state index contributed by atoms with van der Waals surface area (Å²) in [6.07, 6.45) is 7.91. The molecule has 2 saturated carbocycles. The smallest absolute Gasteiger partial charge is 0.225 e. The summed E-state index contributed by atoms with van der Waals surface area (Å²) >= 11 is 0. The van der Waals surface area contributed by atoms with Gasteiger partial charge in [-0.1, -0.05) is 6.92 Å². The van der Waals surface area contributed by atoms with Crippen LogP contribution >= 0.6 is 0 Å². The lowest BCUT2D eigenvalue weighted by Crippen LogP contribution is -2.49. The number of aromatic nitrogens is 4. The number of anilines is 3. The highest BCUT2D eigenvalue weighted by atomic mass is 19.1. The topological polar surface area (TPSA) is 115 Å². The van der Waals surface area contributed by atoms with Crippen LogP contribution < -0.4 is 10.6 Å². The van der Waals surface area contributed by atoms with Crippen molar-refractivity contribution < 1.29 is 18.4 Å². The van der Waals surface area contributed by atoms with Crippen molar-refractivity contribution in [1.29, 1.82) is 0 Å². The number of amides is 2. The van der Waals surface area contributed by atoms with E-state index in [1.807, 2.05) is 21.4 Å². The average molecular weight is 695 g/mol. The van der Waals surface area contributed by atoms with Crippen molar-refractivity contribution >= 4 is 40.6 Å². The van der Waals surface area contributed by atoms with Gasteiger partial charge in [0.1, 0.15) is 17.2 Å². The van der Waals surface area contributed by atoms with Gasteiger partial charge in [0.2, 0.25) is 23.7 Å². The van der Waals surface area contributed by atoms with Crippen LogP contribution in [0.15, 0.2) is 24.4 Å². The van der Waals surface area contributed by atoms with E-state index in [0.29, 0.717) is 42.4 Å². The van der Waals surface area contributed by atoms with Crippen LogP contribution in [0.1, 0.15) is 64.3 Å². The number of hydrogen-bond acceptors (Lipinski definition) is 9. The van der Waals surface area contributed by atoms with Gasteiger partial charge in [-0.05, 0) is 84.1 Å². The monoisotopic (exact) mass is 694 g/mol. The van der Waals surface area contributed by atoms with E-state index in [9.17, 15) is 18.4 Å². The van der Waals surface area contributed by atoms with E-state index in [-0.39, 0.29) is 41.4 Å². The Morgan fingerprint density at radius 3 is 2.30 bits per heavy atom. The van der Waals surface area contributed by atoms with E-state index in [4.69, 9.17) is 9.97 Å². The van der Waals surface area contributed by atoms with Gasteiger partial charge in [0.15, 0.2) is 5.65 Å². The molecule has 12 nitrogen and oxygen atoms in total. The van der Waals surface area contributed by atoms with Crippen LogP contribution in [0.25, 0.3) is 11.2 Å². The van der Waals surface area contributed by atoms with Gasteiger partial charge >= 0.3 is 0 Å². The third-order valence-electron chi connectivity index (χ3n) is 11.0. The number of rotatable bonds is 11. The van der Waals surface area contributed by atoms with Gasteiger partial charge in [0.05, 0.1) is 11.9 Å². The zero-order valence-electron chi connectivity index (χ0n) is 29.9. The Morgan fingerprint density at radius 1 is 0.920 bits per heavy atom. The van der Waals surface area contributed by atoms with Crippen molar-refractivity contribution in [2.75, 3.05) is 77.6 Å². The molecule has 1 aliphatic heterocycles. The summed E-state index contributed by atoms with van der Waals surface area (Å²) in [6.45, 7) is 7.99. The van der Waals surface area contributed by atoms with E-state index in [1.54, 1.807) is 6.20 Å². The van der Waals surface area contributed by atoms with Crippen LogP contribution in [0.5, 0.6) is 0 Å². The highest BCUT2D eigenvalue weighted by molar-refractivity contribution is 5.80. The zero-order valence-corrected chi connectivity index (χ0v) is 29.9. The van der Waals surface area contributed by atoms with Crippen molar-refractivity contribution in [3.8, 4) is 0 Å². The number of benzene rings is 1. The van der Waals surface area contributed by atoms with Crippen LogP contribution in [0.2, 0.25) is 0 Å². The summed E-state index contributed by atoms with van der Waals surface area (Å²) in [5.74, 6) is -0.0500. The Labute approximate surface area is 293 Å². The largest absolute Gasteiger partial charge is 0.351 e. The standard InChI is InChI=1S/C36H52F2N10O2/c1-5-44(2)16-19-46(4)33(49)24-8-13-28(14-9-24)48-32-31(42-36(48)41-30-15-10-26(37)22-29(30)38)23-39-35(43-32)40-27-11-6-25(7-12-27)34(50)47-20-17-45(3)18-21-47/h10,15,22-25,27-28H,5-9,11-14,16-21H2,1-4H3,(H,41,42)(H,39,40,43)/t24-,25-,27-,28+. The van der Waals surface area contributed by atoms with Gasteiger partial charge < -0.3 is 30.2 Å². The maximum Gasteiger partial charge on any atom is 0.225 e. The van der Waals surface area contributed by atoms with Gasteiger partial charge in [-0.2, -0.15) is 4.98 Å². The molecule has 3 heterocycles. The van der Waals surface area contributed by atoms with Crippen LogP contribution in [-0.4, -0.2) is 124 Å². The Hall–Kier alpha value is -3.91. The maximum absolute atomic E-state index is 14.8. The molecule has 6 rings (SSSR count). The fraction of sp³-hybridized carbons (Fsp3) is 0.639. The SMILES string of the molecule is CCN(C)CCN(C)C(=O)[C@H]1CC[C@@H](n2c(Nc3ccc(F)cc3F)nc3cnc(N[C@H]4CC[C@H](C(=O)N5CCN(C)CC5)CC4)nc32)CC1. The highest BCUT2D eigenvalue weighted by Gasteiger charge is 2.33. The zero-order chi connectivity index (χ0) is 35.4. The number of carbonyl (C=O) groups is 2. The molecule has 2 aromatic heterocycles. The first-order valence-electron chi connectivity index (χ1n) is 18.2. The van der Waals surface area contributed by atoms with E-state index in [1.165, 1.54) is 12.1 Å². The molecule has 3 fully saturated rings. The minimum absolute atomic E-state index is 0.0367. The fourth-order valence-electron chi connectivity index (χ4n) is 7.54. The number of carbonyl (C=O) groups excluding carboxylic acids is 2. The molecule has 3 aromatic rings. The molecule has 14 heteroatoms. The number of hydrogen-bond donors (Lipinski definition) is 2. The third kappa shape index (κ3) is 8.34. The van der Waals surface area contributed by atoms with Crippen LogP contribution in [-0.2, 0) is 9.59 Å². The summed E-state index contributed by atoms with van der Waals surface area (Å²) in [7, 11) is 6.02. The molecule has 0 unspecified atom stereocenters.